The van der Waals surface area contributed by atoms with Gasteiger partial charge in [-0.05, 0) is 27.7 Å². The number of nitrogens with zero attached hydrogens (tertiary/aromatic N) is 4. The van der Waals surface area contributed by atoms with E-state index >= 15 is 0 Å². The van der Waals surface area contributed by atoms with Crippen LogP contribution in [0.3, 0.4) is 0 Å². The van der Waals surface area contributed by atoms with Crippen LogP contribution in [-0.2, 0) is 30.4 Å². The Morgan fingerprint density at radius 1 is 1.22 bits per heavy atom. The summed E-state index contributed by atoms with van der Waals surface area (Å²) < 4.78 is 11.4. The summed E-state index contributed by atoms with van der Waals surface area (Å²) in [6.07, 6.45) is 0.602. The van der Waals surface area contributed by atoms with Gasteiger partial charge in [0.2, 0.25) is 17.8 Å². The van der Waals surface area contributed by atoms with Crippen molar-refractivity contribution in [1.82, 2.24) is 29.7 Å². The molecule has 0 fully saturated rings. The average molecular weight is 508 g/mol. The van der Waals surface area contributed by atoms with E-state index in [1.54, 1.807) is 41.5 Å². The first-order valence-electron chi connectivity index (χ1n) is 11.5. The molecule has 3 amide bonds. The molecule has 0 radical (unpaired) electrons. The first kappa shape index (κ1) is 28.3. The number of carbonyl (C=O) groups excluding carboxylic acids is 4. The molecule has 2 rings (SSSR count). The van der Waals surface area contributed by atoms with Gasteiger partial charge < -0.3 is 24.3 Å². The van der Waals surface area contributed by atoms with E-state index in [4.69, 9.17) is 9.47 Å². The van der Waals surface area contributed by atoms with Gasteiger partial charge in [0.05, 0.1) is 12.9 Å². The Kier molecular flexibility index (Phi) is 9.53. The third-order valence-corrected chi connectivity index (χ3v) is 4.58. The summed E-state index contributed by atoms with van der Waals surface area (Å²) in [5.74, 6) is -1.86. The van der Waals surface area contributed by atoms with Gasteiger partial charge in [0.1, 0.15) is 18.7 Å². The largest absolute Gasteiger partial charge is 0.465 e. The molecule has 0 spiro atoms. The van der Waals surface area contributed by atoms with Gasteiger partial charge in [0.25, 0.3) is 5.56 Å². The van der Waals surface area contributed by atoms with Crippen LogP contribution >= 0.6 is 0 Å². The molecule has 0 saturated carbocycles. The average Bonchev–Trinajstić information content (AvgIpc) is 3.14. The molecule has 2 aromatic rings. The maximum atomic E-state index is 13.0. The van der Waals surface area contributed by atoms with Crippen LogP contribution in [0.25, 0.3) is 11.2 Å². The fourth-order valence-corrected chi connectivity index (χ4v) is 2.93. The number of carbonyl (C=O) groups is 4. The van der Waals surface area contributed by atoms with Crippen molar-refractivity contribution in [3.8, 4) is 0 Å². The monoisotopic (exact) mass is 507 g/mol. The summed E-state index contributed by atoms with van der Waals surface area (Å²) in [7, 11) is 0. The molecule has 0 aliphatic rings. The molecule has 0 aliphatic carbocycles. The van der Waals surface area contributed by atoms with Crippen LogP contribution in [0.2, 0.25) is 0 Å². The van der Waals surface area contributed by atoms with Gasteiger partial charge >= 0.3 is 12.1 Å². The number of hydrogen-bond acceptors (Lipinski definition) is 9. The van der Waals surface area contributed by atoms with Gasteiger partial charge in [0.15, 0.2) is 11.2 Å². The number of esters is 1. The molecule has 2 heterocycles. The van der Waals surface area contributed by atoms with E-state index in [-0.39, 0.29) is 61.7 Å². The second-order valence-electron chi connectivity index (χ2n) is 9.15. The minimum atomic E-state index is -0.689. The number of aromatic amines is 1. The minimum Gasteiger partial charge on any atom is -0.465 e. The van der Waals surface area contributed by atoms with E-state index < -0.39 is 29.1 Å². The summed E-state index contributed by atoms with van der Waals surface area (Å²) >= 11 is 0. The van der Waals surface area contributed by atoms with Crippen LogP contribution < -0.4 is 16.2 Å². The van der Waals surface area contributed by atoms with Gasteiger partial charge in [-0.15, -0.1) is 0 Å². The number of H-pyrrole nitrogens is 1. The van der Waals surface area contributed by atoms with Crippen LogP contribution in [0, 0.1) is 5.92 Å². The van der Waals surface area contributed by atoms with Crippen molar-refractivity contribution in [3.63, 3.8) is 0 Å². The van der Waals surface area contributed by atoms with Crippen molar-refractivity contribution < 1.29 is 28.7 Å². The molecule has 0 saturated heterocycles. The molecule has 0 unspecified atom stereocenters. The second kappa shape index (κ2) is 12.1. The Morgan fingerprint density at radius 3 is 2.53 bits per heavy atom. The predicted molar refractivity (Wildman–Crippen MR) is 129 cm³/mol. The highest BCUT2D eigenvalue weighted by Crippen LogP contribution is 2.10. The highest BCUT2D eigenvalue weighted by molar-refractivity contribution is 5.91. The van der Waals surface area contributed by atoms with Crippen LogP contribution in [0.4, 0.5) is 10.7 Å². The number of fused-ring (bicyclic) bond motifs is 1. The van der Waals surface area contributed by atoms with Gasteiger partial charge in [0, 0.05) is 19.0 Å². The van der Waals surface area contributed by atoms with E-state index in [9.17, 15) is 24.0 Å². The summed E-state index contributed by atoms with van der Waals surface area (Å²) in [4.78, 5) is 73.3. The molecular weight excluding hydrogens is 474 g/mol. The zero-order chi connectivity index (χ0) is 27.0. The van der Waals surface area contributed by atoms with E-state index in [1.807, 2.05) is 0 Å². The predicted octanol–water partition coefficient (Wildman–Crippen LogP) is 0.631. The smallest absolute Gasteiger partial charge is 0.407 e. The van der Waals surface area contributed by atoms with Crippen molar-refractivity contribution in [1.29, 1.82) is 0 Å². The van der Waals surface area contributed by atoms with E-state index in [0.29, 0.717) is 0 Å². The Bertz CT molecular complexity index is 1160. The van der Waals surface area contributed by atoms with Gasteiger partial charge in [-0.25, -0.2) is 9.78 Å². The van der Waals surface area contributed by atoms with Crippen molar-refractivity contribution in [2.45, 2.75) is 53.7 Å². The minimum absolute atomic E-state index is 0.0104. The molecule has 198 valence electrons. The Hall–Kier alpha value is -3.97. The lowest BCUT2D eigenvalue weighted by Crippen LogP contribution is -2.44. The topological polar surface area (TPSA) is 178 Å². The van der Waals surface area contributed by atoms with Crippen LogP contribution in [0.5, 0.6) is 0 Å². The summed E-state index contributed by atoms with van der Waals surface area (Å²) in [6.45, 7) is 9.65. The summed E-state index contributed by atoms with van der Waals surface area (Å²) in [6, 6.07) is 0. The van der Waals surface area contributed by atoms with E-state index in [0.717, 1.165) is 0 Å². The zero-order valence-corrected chi connectivity index (χ0v) is 21.3. The van der Waals surface area contributed by atoms with Crippen LogP contribution in [0.15, 0.2) is 11.1 Å². The van der Waals surface area contributed by atoms with E-state index in [2.05, 4.69) is 25.6 Å². The molecule has 36 heavy (non-hydrogen) atoms. The number of alkyl carbamates (subject to hydrolysis) is 1. The molecule has 14 heteroatoms. The normalized spacial score (nSPS) is 11.3. The van der Waals surface area contributed by atoms with Crippen molar-refractivity contribution in [3.05, 3.63) is 16.7 Å². The number of nitrogens with one attached hydrogen (secondary N) is 3. The second-order valence-corrected chi connectivity index (χ2v) is 9.15. The lowest BCUT2D eigenvalue weighted by molar-refractivity contribution is -0.149. The molecule has 0 bridgehead atoms. The number of amides is 3. The molecule has 3 N–H and O–H groups in total. The molecule has 0 atom stereocenters. The van der Waals surface area contributed by atoms with Crippen LogP contribution in [-0.4, -0.2) is 80.1 Å². The molecule has 0 aliphatic heterocycles. The summed E-state index contributed by atoms with van der Waals surface area (Å²) in [5.41, 5.74) is -1.23. The molecule has 14 nitrogen and oxygen atoms in total. The van der Waals surface area contributed by atoms with Gasteiger partial charge in [-0.3, -0.25) is 29.5 Å². The first-order chi connectivity index (χ1) is 16.8. The number of ether oxygens (including phenoxy) is 2. The van der Waals surface area contributed by atoms with Crippen molar-refractivity contribution in [2.24, 2.45) is 5.92 Å². The first-order valence-corrected chi connectivity index (χ1v) is 11.5. The molecule has 2 aromatic heterocycles. The van der Waals surface area contributed by atoms with Crippen LogP contribution in [0.1, 0.15) is 41.5 Å². The fraction of sp³-hybridized carbons (Fsp3) is 0.591. The standard InChI is InChI=1S/C22H33N7O7/c1-7-35-15(31)11-28(9-8-23-21(34)36-22(4,5)6)14(30)10-29-12-24-17-16(29)19(33)27-20(25-17)26-18(32)13(2)3/h12-13H,7-11H2,1-6H3,(H,23,34)(H2,25,26,27,32,33). The third kappa shape index (κ3) is 8.36. The molecular formula is C22H33N7O7. The lowest BCUT2D eigenvalue weighted by atomic mass is 10.2. The number of imidazole rings is 1. The lowest BCUT2D eigenvalue weighted by Gasteiger charge is -2.23. The fourth-order valence-electron chi connectivity index (χ4n) is 2.93. The highest BCUT2D eigenvalue weighted by Gasteiger charge is 2.22. The van der Waals surface area contributed by atoms with E-state index in [1.165, 1.54) is 15.8 Å². The number of anilines is 1. The number of aromatic nitrogens is 4. The highest BCUT2D eigenvalue weighted by atomic mass is 16.6. The maximum absolute atomic E-state index is 13.0. The quantitative estimate of drug-likeness (QED) is 0.389. The maximum Gasteiger partial charge on any atom is 0.407 e. The van der Waals surface area contributed by atoms with Gasteiger partial charge in [-0.2, -0.15) is 4.98 Å². The van der Waals surface area contributed by atoms with Crippen molar-refractivity contribution >= 4 is 41.0 Å². The van der Waals surface area contributed by atoms with Crippen molar-refractivity contribution in [2.75, 3.05) is 31.6 Å². The number of rotatable bonds is 10. The number of hydrogen-bond donors (Lipinski definition) is 3. The Morgan fingerprint density at radius 2 is 1.92 bits per heavy atom. The Balaban J connectivity index is 2.16. The third-order valence-electron chi connectivity index (χ3n) is 4.58. The zero-order valence-electron chi connectivity index (χ0n) is 21.3. The Labute approximate surface area is 207 Å². The molecule has 0 aromatic carbocycles. The summed E-state index contributed by atoms with van der Waals surface area (Å²) in [5, 5.41) is 5.03. The SMILES string of the molecule is CCOC(=O)CN(CCNC(=O)OC(C)(C)C)C(=O)Cn1cnc2nc(NC(=O)C(C)C)[nH]c(=O)c21. The van der Waals surface area contributed by atoms with Gasteiger partial charge in [-0.1, -0.05) is 13.8 Å².